The van der Waals surface area contributed by atoms with Crippen LogP contribution in [0.4, 0.5) is 39.5 Å². The monoisotopic (exact) mass is 410 g/mol. The van der Waals surface area contributed by atoms with Gasteiger partial charge in [-0.1, -0.05) is 11.6 Å². The summed E-state index contributed by atoms with van der Waals surface area (Å²) < 4.78 is 114. The van der Waals surface area contributed by atoms with Gasteiger partial charge in [0.25, 0.3) is 5.56 Å². The highest BCUT2D eigenvalue weighted by Crippen LogP contribution is 2.35. The predicted octanol–water partition coefficient (Wildman–Crippen LogP) is 4.94. The van der Waals surface area contributed by atoms with Crippen molar-refractivity contribution in [2.75, 3.05) is 0 Å². The Morgan fingerprint density at radius 3 is 1.81 bits per heavy atom. The maximum absolute atomic E-state index is 12.9. The molecule has 0 aliphatic heterocycles. The summed E-state index contributed by atoms with van der Waals surface area (Å²) in [5, 5.41) is -0.964. The molecule has 0 fully saturated rings. The Bertz CT molecular complexity index is 896. The maximum atomic E-state index is 12.9. The zero-order chi connectivity index (χ0) is 20.1. The van der Waals surface area contributed by atoms with Crippen LogP contribution in [0.3, 0.4) is 0 Å². The molecular formula is C13H4ClF9N2O. The molecule has 142 valence electrons. The molecular weight excluding hydrogens is 407 g/mol. The minimum Gasteiger partial charge on any atom is -0.268 e. The quantitative estimate of drug-likeness (QED) is 0.624. The highest BCUT2D eigenvalue weighted by atomic mass is 35.5. The summed E-state index contributed by atoms with van der Waals surface area (Å²) in [7, 11) is 0. The number of halogens is 10. The van der Waals surface area contributed by atoms with Crippen LogP contribution in [0.2, 0.25) is 5.02 Å². The molecule has 0 bridgehead atoms. The third kappa shape index (κ3) is 3.94. The lowest BCUT2D eigenvalue weighted by Crippen LogP contribution is -2.30. The van der Waals surface area contributed by atoms with Gasteiger partial charge in [0.05, 0.1) is 16.1 Å². The fraction of sp³-hybridized carbons (Fsp3) is 0.231. The van der Waals surface area contributed by atoms with Gasteiger partial charge in [-0.05, 0) is 12.1 Å². The van der Waals surface area contributed by atoms with Crippen molar-refractivity contribution in [3.63, 3.8) is 0 Å². The van der Waals surface area contributed by atoms with Crippen LogP contribution < -0.4 is 5.56 Å². The van der Waals surface area contributed by atoms with Crippen molar-refractivity contribution in [1.82, 2.24) is 9.55 Å². The van der Waals surface area contributed by atoms with Crippen LogP contribution in [0, 0.1) is 0 Å². The molecule has 0 aliphatic carbocycles. The van der Waals surface area contributed by atoms with Gasteiger partial charge in [0.15, 0.2) is 5.82 Å². The largest absolute Gasteiger partial charge is 0.421 e. The van der Waals surface area contributed by atoms with Crippen LogP contribution in [0.25, 0.3) is 5.82 Å². The van der Waals surface area contributed by atoms with E-state index in [-0.39, 0.29) is 23.0 Å². The second-order valence-corrected chi connectivity index (χ2v) is 5.25. The van der Waals surface area contributed by atoms with E-state index >= 15 is 0 Å². The highest BCUT2D eigenvalue weighted by molar-refractivity contribution is 6.32. The van der Waals surface area contributed by atoms with E-state index in [0.717, 1.165) is 0 Å². The third-order valence-electron chi connectivity index (χ3n) is 3.03. The summed E-state index contributed by atoms with van der Waals surface area (Å²) in [6.07, 6.45) is -15.5. The van der Waals surface area contributed by atoms with Gasteiger partial charge in [0, 0.05) is 12.4 Å². The summed E-state index contributed by atoms with van der Waals surface area (Å²) in [6.45, 7) is 0. The number of hydrogen-bond donors (Lipinski definition) is 0. The summed E-state index contributed by atoms with van der Waals surface area (Å²) >= 11 is 5.49. The molecule has 0 aliphatic rings. The molecule has 13 heteroatoms. The minimum absolute atomic E-state index is 0.0287. The van der Waals surface area contributed by atoms with E-state index in [9.17, 15) is 44.3 Å². The van der Waals surface area contributed by atoms with Crippen LogP contribution >= 0.6 is 11.6 Å². The van der Waals surface area contributed by atoms with Gasteiger partial charge < -0.3 is 0 Å². The van der Waals surface area contributed by atoms with Crippen molar-refractivity contribution in [3.05, 3.63) is 56.6 Å². The van der Waals surface area contributed by atoms with Crippen molar-refractivity contribution in [2.45, 2.75) is 18.5 Å². The summed E-state index contributed by atoms with van der Waals surface area (Å²) in [5.41, 5.74) is -7.41. The van der Waals surface area contributed by atoms with Crippen molar-refractivity contribution in [2.24, 2.45) is 0 Å². The number of alkyl halides is 9. The topological polar surface area (TPSA) is 34.9 Å². The number of pyridine rings is 2. The first-order chi connectivity index (χ1) is 11.6. The lowest BCUT2D eigenvalue weighted by Gasteiger charge is -2.16. The molecule has 0 amide bonds. The van der Waals surface area contributed by atoms with Gasteiger partial charge in [-0.25, -0.2) is 4.98 Å². The molecule has 2 rings (SSSR count). The zero-order valence-corrected chi connectivity index (χ0v) is 12.6. The zero-order valence-electron chi connectivity index (χ0n) is 11.9. The number of hydrogen-bond acceptors (Lipinski definition) is 2. The summed E-state index contributed by atoms with van der Waals surface area (Å²) in [4.78, 5) is 15.0. The molecule has 0 saturated heterocycles. The van der Waals surface area contributed by atoms with E-state index in [1.807, 2.05) is 0 Å². The Hall–Kier alpha value is -2.24. The van der Waals surface area contributed by atoms with Crippen LogP contribution in [-0.2, 0) is 18.5 Å². The lowest BCUT2D eigenvalue weighted by atomic mass is 10.1. The summed E-state index contributed by atoms with van der Waals surface area (Å²) in [6, 6.07) is -0.180. The summed E-state index contributed by atoms with van der Waals surface area (Å²) in [5.74, 6) is -1.01. The molecule has 0 saturated carbocycles. The number of nitrogens with zero attached hydrogens (tertiary/aromatic N) is 2. The SMILES string of the molecule is O=c1c(C(F)(F)F)cc(C(F)(F)F)cn1-c1ncc(C(F)(F)F)cc1Cl. The Balaban J connectivity index is 2.80. The molecule has 2 aromatic rings. The molecule has 3 nitrogen and oxygen atoms in total. The molecule has 26 heavy (non-hydrogen) atoms. The van der Waals surface area contributed by atoms with Crippen LogP contribution in [-0.4, -0.2) is 9.55 Å². The average Bonchev–Trinajstić information content (AvgIpc) is 2.44. The molecule has 0 atom stereocenters. The van der Waals surface area contributed by atoms with Crippen LogP contribution in [0.5, 0.6) is 0 Å². The first-order valence-electron chi connectivity index (χ1n) is 6.26. The van der Waals surface area contributed by atoms with Gasteiger partial charge in [-0.15, -0.1) is 0 Å². The van der Waals surface area contributed by atoms with Gasteiger partial charge in [-0.3, -0.25) is 9.36 Å². The first kappa shape index (κ1) is 20.1. The fourth-order valence-electron chi connectivity index (χ4n) is 1.86. The first-order valence-corrected chi connectivity index (χ1v) is 6.64. The minimum atomic E-state index is -5.45. The number of aromatic nitrogens is 2. The Labute approximate surface area is 142 Å². The third-order valence-corrected chi connectivity index (χ3v) is 3.31. The van der Waals surface area contributed by atoms with Crippen LogP contribution in [0.1, 0.15) is 16.7 Å². The second kappa shape index (κ2) is 6.18. The van der Waals surface area contributed by atoms with Crippen molar-refractivity contribution in [1.29, 1.82) is 0 Å². The predicted molar refractivity (Wildman–Crippen MR) is 69.9 cm³/mol. The molecule has 0 N–H and O–H groups in total. The standard InChI is InChI=1S/C13H4ClF9N2O/c14-8-2-5(11(15,16)17)3-24-9(8)25-4-6(12(18,19)20)1-7(10(25)26)13(21,22)23/h1-4H. The Kier molecular flexibility index (Phi) is 4.77. The van der Waals surface area contributed by atoms with E-state index in [4.69, 9.17) is 11.6 Å². The van der Waals surface area contributed by atoms with Gasteiger partial charge in [0.1, 0.15) is 5.56 Å². The lowest BCUT2D eigenvalue weighted by molar-refractivity contribution is -0.144. The Morgan fingerprint density at radius 2 is 1.38 bits per heavy atom. The molecule has 0 spiro atoms. The molecule has 0 unspecified atom stereocenters. The van der Waals surface area contributed by atoms with Crippen molar-refractivity contribution >= 4 is 11.6 Å². The van der Waals surface area contributed by atoms with E-state index in [0.29, 0.717) is 0 Å². The number of rotatable bonds is 1. The van der Waals surface area contributed by atoms with Crippen LogP contribution in [0.15, 0.2) is 29.3 Å². The molecule has 2 heterocycles. The second-order valence-electron chi connectivity index (χ2n) is 4.84. The van der Waals surface area contributed by atoms with E-state index < -0.39 is 57.7 Å². The van der Waals surface area contributed by atoms with E-state index in [1.165, 1.54) is 0 Å². The van der Waals surface area contributed by atoms with Gasteiger partial charge >= 0.3 is 18.5 Å². The molecule has 2 aromatic heterocycles. The highest BCUT2D eigenvalue weighted by Gasteiger charge is 2.40. The smallest absolute Gasteiger partial charge is 0.268 e. The van der Waals surface area contributed by atoms with Crippen molar-refractivity contribution in [3.8, 4) is 5.82 Å². The van der Waals surface area contributed by atoms with E-state index in [1.54, 1.807) is 0 Å². The van der Waals surface area contributed by atoms with Gasteiger partial charge in [-0.2, -0.15) is 39.5 Å². The van der Waals surface area contributed by atoms with E-state index in [2.05, 4.69) is 4.98 Å². The average molecular weight is 411 g/mol. The van der Waals surface area contributed by atoms with Crippen molar-refractivity contribution < 1.29 is 39.5 Å². The Morgan fingerprint density at radius 1 is 0.846 bits per heavy atom. The molecule has 0 radical (unpaired) electrons. The maximum Gasteiger partial charge on any atom is 0.421 e. The normalized spacial score (nSPS) is 13.2. The van der Waals surface area contributed by atoms with Gasteiger partial charge in [0.2, 0.25) is 0 Å². The molecule has 0 aromatic carbocycles. The fourth-order valence-corrected chi connectivity index (χ4v) is 2.12.